The number of hydrogen-bond acceptors (Lipinski definition) is 7. The second-order valence-electron chi connectivity index (χ2n) is 5.96. The van der Waals surface area contributed by atoms with Crippen molar-refractivity contribution in [2.45, 2.75) is 12.6 Å². The summed E-state index contributed by atoms with van der Waals surface area (Å²) in [4.78, 5) is 10.7. The zero-order chi connectivity index (χ0) is 17.6. The molecule has 0 amide bonds. The number of rotatable bonds is 3. The third-order valence-corrected chi connectivity index (χ3v) is 4.60. The Morgan fingerprint density at radius 3 is 2.68 bits per heavy atom. The number of fused-ring (bicyclic) bond motifs is 2. The molecule has 0 bridgehead atoms. The van der Waals surface area contributed by atoms with Crippen LogP contribution in [0.15, 0.2) is 24.7 Å². The second-order valence-corrected chi connectivity index (χ2v) is 5.96. The smallest absolute Gasteiger partial charge is 0.163 e. The first-order valence-corrected chi connectivity index (χ1v) is 7.93. The highest BCUT2D eigenvalue weighted by Gasteiger charge is 2.31. The molecule has 2 aromatic heterocycles. The maximum absolute atomic E-state index is 10.8. The Hall–Kier alpha value is -2.87. The van der Waals surface area contributed by atoms with Crippen molar-refractivity contribution in [3.8, 4) is 11.5 Å². The van der Waals surface area contributed by atoms with Crippen molar-refractivity contribution in [1.29, 1.82) is 0 Å². The van der Waals surface area contributed by atoms with E-state index in [9.17, 15) is 5.11 Å². The molecule has 0 radical (unpaired) electrons. The quantitative estimate of drug-likeness (QED) is 0.771. The number of anilines is 1. The summed E-state index contributed by atoms with van der Waals surface area (Å²) in [5.41, 5.74) is 2.42. The zero-order valence-corrected chi connectivity index (χ0v) is 14.3. The number of aliphatic hydroxyl groups excluding tert-OH is 1. The molecule has 8 nitrogen and oxygen atoms in total. The minimum Gasteiger partial charge on any atom is -0.496 e. The molecule has 1 aliphatic rings. The highest BCUT2D eigenvalue weighted by Crippen LogP contribution is 2.41. The van der Waals surface area contributed by atoms with Crippen LogP contribution in [0.4, 0.5) is 5.82 Å². The molecule has 25 heavy (non-hydrogen) atoms. The van der Waals surface area contributed by atoms with Gasteiger partial charge in [-0.05, 0) is 12.1 Å². The zero-order valence-electron chi connectivity index (χ0n) is 14.3. The molecule has 0 spiro atoms. The predicted octanol–water partition coefficient (Wildman–Crippen LogP) is 1.43. The van der Waals surface area contributed by atoms with E-state index in [1.165, 1.54) is 6.33 Å². The van der Waals surface area contributed by atoms with E-state index in [4.69, 9.17) is 9.47 Å². The minimum atomic E-state index is -0.713. The molecule has 3 aromatic rings. The standard InChI is InChI=1S/C17H19N5O3/c1-21-16-10(6-20-21)17(19-9-18-16)22-7-11-13(24-2)4-5-14(25-3)15(11)12(23)8-22/h4-6,9,12,23H,7-8H2,1-3H3/t12-/m1/s1. The Kier molecular flexibility index (Phi) is 3.69. The molecule has 0 fully saturated rings. The molecule has 1 atom stereocenters. The average Bonchev–Trinajstić information content (AvgIpc) is 3.02. The SMILES string of the molecule is COc1ccc(OC)c2c1CN(c1ncnc3c1cnn3C)C[C@H]2O. The maximum atomic E-state index is 10.8. The average molecular weight is 341 g/mol. The molecule has 3 heterocycles. The van der Waals surface area contributed by atoms with E-state index >= 15 is 0 Å². The van der Waals surface area contributed by atoms with E-state index in [2.05, 4.69) is 15.1 Å². The maximum Gasteiger partial charge on any atom is 0.163 e. The normalized spacial score (nSPS) is 16.8. The fourth-order valence-corrected chi connectivity index (χ4v) is 3.44. The van der Waals surface area contributed by atoms with E-state index in [1.54, 1.807) is 25.1 Å². The molecule has 0 unspecified atom stereocenters. The van der Waals surface area contributed by atoms with Gasteiger partial charge in [-0.2, -0.15) is 5.10 Å². The number of benzene rings is 1. The molecule has 1 aliphatic heterocycles. The number of aromatic nitrogens is 4. The highest BCUT2D eigenvalue weighted by atomic mass is 16.5. The van der Waals surface area contributed by atoms with E-state index in [0.717, 1.165) is 33.7 Å². The Morgan fingerprint density at radius 1 is 1.16 bits per heavy atom. The summed E-state index contributed by atoms with van der Waals surface area (Å²) in [5, 5.41) is 15.9. The Morgan fingerprint density at radius 2 is 1.92 bits per heavy atom. The van der Waals surface area contributed by atoms with Gasteiger partial charge < -0.3 is 19.5 Å². The topological polar surface area (TPSA) is 85.5 Å². The van der Waals surface area contributed by atoms with Crippen molar-refractivity contribution in [3.05, 3.63) is 35.8 Å². The van der Waals surface area contributed by atoms with Gasteiger partial charge in [-0.25, -0.2) is 9.97 Å². The van der Waals surface area contributed by atoms with Gasteiger partial charge in [0.25, 0.3) is 0 Å². The number of hydrogen-bond donors (Lipinski definition) is 1. The molecule has 1 aromatic carbocycles. The van der Waals surface area contributed by atoms with Crippen LogP contribution in [0.5, 0.6) is 11.5 Å². The van der Waals surface area contributed by atoms with Gasteiger partial charge in [-0.15, -0.1) is 0 Å². The summed E-state index contributed by atoms with van der Waals surface area (Å²) in [6, 6.07) is 3.67. The van der Waals surface area contributed by atoms with Crippen molar-refractivity contribution < 1.29 is 14.6 Å². The first-order valence-electron chi connectivity index (χ1n) is 7.93. The third kappa shape index (κ3) is 2.37. The first-order chi connectivity index (χ1) is 12.1. The van der Waals surface area contributed by atoms with Gasteiger partial charge in [0, 0.05) is 24.7 Å². The van der Waals surface area contributed by atoms with Gasteiger partial charge in [-0.1, -0.05) is 0 Å². The van der Waals surface area contributed by atoms with Crippen LogP contribution < -0.4 is 14.4 Å². The molecule has 4 rings (SSSR count). The molecule has 8 heteroatoms. The lowest BCUT2D eigenvalue weighted by Crippen LogP contribution is -2.34. The van der Waals surface area contributed by atoms with E-state index in [-0.39, 0.29) is 0 Å². The summed E-state index contributed by atoms with van der Waals surface area (Å²) >= 11 is 0. The summed E-state index contributed by atoms with van der Waals surface area (Å²) in [5.74, 6) is 2.13. The molecular weight excluding hydrogens is 322 g/mol. The molecule has 1 N–H and O–H groups in total. The highest BCUT2D eigenvalue weighted by molar-refractivity contribution is 5.86. The molecule has 0 aliphatic carbocycles. The number of aryl methyl sites for hydroxylation is 1. The number of ether oxygens (including phenoxy) is 2. The lowest BCUT2D eigenvalue weighted by Gasteiger charge is -2.34. The fraction of sp³-hybridized carbons (Fsp3) is 0.353. The number of aliphatic hydroxyl groups is 1. The van der Waals surface area contributed by atoms with Gasteiger partial charge in [0.2, 0.25) is 0 Å². The van der Waals surface area contributed by atoms with Crippen LogP contribution in [0, 0.1) is 0 Å². The monoisotopic (exact) mass is 341 g/mol. The summed E-state index contributed by atoms with van der Waals surface area (Å²) in [7, 11) is 5.07. The molecule has 0 saturated heterocycles. The first kappa shape index (κ1) is 15.6. The van der Waals surface area contributed by atoms with Crippen LogP contribution in [0.3, 0.4) is 0 Å². The Balaban J connectivity index is 1.83. The number of methoxy groups -OCH3 is 2. The fourth-order valence-electron chi connectivity index (χ4n) is 3.44. The molecule has 130 valence electrons. The van der Waals surface area contributed by atoms with Crippen LogP contribution >= 0.6 is 0 Å². The molecule has 0 saturated carbocycles. The lowest BCUT2D eigenvalue weighted by atomic mass is 9.95. The summed E-state index contributed by atoms with van der Waals surface area (Å²) < 4.78 is 12.6. The van der Waals surface area contributed by atoms with Gasteiger partial charge in [0.1, 0.15) is 29.7 Å². The van der Waals surface area contributed by atoms with Gasteiger partial charge in [-0.3, -0.25) is 4.68 Å². The minimum absolute atomic E-state index is 0.400. The summed E-state index contributed by atoms with van der Waals surface area (Å²) in [6.45, 7) is 0.950. The predicted molar refractivity (Wildman–Crippen MR) is 91.9 cm³/mol. The Labute approximate surface area is 144 Å². The number of nitrogens with zero attached hydrogens (tertiary/aromatic N) is 5. The van der Waals surface area contributed by atoms with Crippen molar-refractivity contribution in [3.63, 3.8) is 0 Å². The van der Waals surface area contributed by atoms with Crippen molar-refractivity contribution in [2.75, 3.05) is 25.7 Å². The van der Waals surface area contributed by atoms with Crippen LogP contribution in [0.25, 0.3) is 11.0 Å². The van der Waals surface area contributed by atoms with E-state index in [1.807, 2.05) is 24.1 Å². The van der Waals surface area contributed by atoms with Crippen LogP contribution in [-0.2, 0) is 13.6 Å². The van der Waals surface area contributed by atoms with Gasteiger partial charge in [0.05, 0.1) is 32.3 Å². The van der Waals surface area contributed by atoms with Crippen LogP contribution in [0.1, 0.15) is 17.2 Å². The van der Waals surface area contributed by atoms with Crippen molar-refractivity contribution in [2.24, 2.45) is 7.05 Å². The van der Waals surface area contributed by atoms with Gasteiger partial charge >= 0.3 is 0 Å². The van der Waals surface area contributed by atoms with Crippen molar-refractivity contribution in [1.82, 2.24) is 19.7 Å². The van der Waals surface area contributed by atoms with E-state index in [0.29, 0.717) is 18.8 Å². The Bertz CT molecular complexity index is 939. The van der Waals surface area contributed by atoms with Crippen LogP contribution in [-0.4, -0.2) is 45.6 Å². The summed E-state index contributed by atoms with van der Waals surface area (Å²) in [6.07, 6.45) is 2.55. The number of β-amino-alcohol motifs (C(OH)–C–C–N with tert-alkyl or cyclic N) is 1. The van der Waals surface area contributed by atoms with Crippen molar-refractivity contribution >= 4 is 16.9 Å². The lowest BCUT2D eigenvalue weighted by molar-refractivity contribution is 0.169. The third-order valence-electron chi connectivity index (χ3n) is 4.60. The van der Waals surface area contributed by atoms with Gasteiger partial charge in [0.15, 0.2) is 5.65 Å². The van der Waals surface area contributed by atoms with E-state index < -0.39 is 6.10 Å². The second kappa shape index (κ2) is 5.89. The van der Waals surface area contributed by atoms with Crippen LogP contribution in [0.2, 0.25) is 0 Å². The molecular formula is C17H19N5O3. The largest absolute Gasteiger partial charge is 0.496 e.